The molecule has 618 valence electrons. The van der Waals surface area contributed by atoms with Crippen LogP contribution in [0.15, 0.2) is 136 Å². The zero-order valence-electron chi connectivity index (χ0n) is 62.2. The summed E-state index contributed by atoms with van der Waals surface area (Å²) in [6.45, 7) is 6.36. The van der Waals surface area contributed by atoms with E-state index in [4.69, 9.17) is 85.6 Å². The number of aromatic carboxylic acids is 1. The number of hydrogen-bond donors (Lipinski definition) is 4. The molecule has 3 fully saturated rings. The summed E-state index contributed by atoms with van der Waals surface area (Å²) in [5, 5.41) is 34.6. The van der Waals surface area contributed by atoms with Gasteiger partial charge >= 0.3 is 18.3 Å². The number of imidazole rings is 6. The fraction of sp³-hybridized carbons (Fsp3) is 0.304. The number of fused-ring (bicyclic) bond motifs is 6. The Bertz CT molecular complexity index is 6230. The maximum Gasteiger partial charge on any atom is 0.373 e. The first-order valence-electron chi connectivity index (χ1n) is 36.6. The summed E-state index contributed by atoms with van der Waals surface area (Å²) in [6.07, 6.45) is 39.6. The van der Waals surface area contributed by atoms with Crippen molar-refractivity contribution in [3.8, 4) is 0 Å². The molecule has 0 aromatic carbocycles. The lowest BCUT2D eigenvalue weighted by molar-refractivity contribution is -0.193. The van der Waals surface area contributed by atoms with Gasteiger partial charge in [-0.3, -0.25) is 19.1 Å². The van der Waals surface area contributed by atoms with Crippen LogP contribution in [0.25, 0.3) is 33.5 Å². The number of nitrogens with zero attached hydrogens (tertiary/aromatic N) is 20. The Morgan fingerprint density at radius 1 is 0.529 bits per heavy atom. The lowest BCUT2D eigenvalue weighted by atomic mass is 10.1. The van der Waals surface area contributed by atoms with Gasteiger partial charge in [0.25, 0.3) is 18.3 Å². The summed E-state index contributed by atoms with van der Waals surface area (Å²) in [5.41, 5.74) is 14.9. The van der Waals surface area contributed by atoms with E-state index in [-0.39, 0.29) is 103 Å². The van der Waals surface area contributed by atoms with Crippen molar-refractivity contribution >= 4 is 117 Å². The van der Waals surface area contributed by atoms with Gasteiger partial charge in [0.05, 0.1) is 132 Å². The van der Waals surface area contributed by atoms with E-state index in [1.54, 1.807) is 38.6 Å². The Labute approximate surface area is 695 Å². The van der Waals surface area contributed by atoms with Crippen molar-refractivity contribution in [2.24, 2.45) is 0 Å². The van der Waals surface area contributed by atoms with Crippen molar-refractivity contribution in [2.45, 2.75) is 157 Å². The maximum absolute atomic E-state index is 14.4. The van der Waals surface area contributed by atoms with Gasteiger partial charge in [-0.2, -0.15) is 24.3 Å². The molecule has 0 unspecified atom stereocenters. The van der Waals surface area contributed by atoms with Gasteiger partial charge in [0, 0.05) is 67.5 Å². The summed E-state index contributed by atoms with van der Waals surface area (Å²) in [4.78, 5) is 108. The summed E-state index contributed by atoms with van der Waals surface area (Å²) in [7, 11) is 0. The molecule has 3 aliphatic carbocycles. The highest BCUT2D eigenvalue weighted by Gasteiger charge is 2.29. The van der Waals surface area contributed by atoms with Crippen molar-refractivity contribution in [1.82, 2.24) is 112 Å². The molecular formula is C79H78Cl4F3N23O10. The predicted molar refractivity (Wildman–Crippen MR) is 426 cm³/mol. The lowest BCUT2D eigenvalue weighted by Crippen LogP contribution is -2.23. The van der Waals surface area contributed by atoms with Crippen LogP contribution in [0.1, 0.15) is 197 Å². The van der Waals surface area contributed by atoms with E-state index >= 15 is 0 Å². The molecule has 0 saturated heterocycles. The highest BCUT2D eigenvalue weighted by atomic mass is 35.5. The third-order valence-electron chi connectivity index (χ3n) is 19.1. The average molecular weight is 1710 g/mol. The van der Waals surface area contributed by atoms with Gasteiger partial charge in [-0.25, -0.2) is 62.1 Å². The molecule has 15 aromatic heterocycles. The maximum atomic E-state index is 14.4. The smallest absolute Gasteiger partial charge is 0.373 e. The summed E-state index contributed by atoms with van der Waals surface area (Å²) in [6, 6.07) is 11.0. The first-order chi connectivity index (χ1) is 56.7. The topological polar surface area (TPSA) is 385 Å². The Balaban J connectivity index is 0.000000158. The molecule has 119 heavy (non-hydrogen) atoms. The Morgan fingerprint density at radius 2 is 0.891 bits per heavy atom. The summed E-state index contributed by atoms with van der Waals surface area (Å²) >= 11 is 22.7. The number of carboxylic acids is 1. The highest BCUT2D eigenvalue weighted by Crippen LogP contribution is 2.43. The monoisotopic (exact) mass is 1710 g/mol. The SMILES string of the molecule is C.C.CCCc1cc(C2CC2)cn2cc(Cn3cc(C(=O)NCc4ncn5ccc(Cl)c(F)c45)nn3)nc12.CCCc1cc(C2CC2)cn2cc(Cn3cc(C(=O)O)cn3)nc12.Fc1c(Cl)ccn2cnc(CNCl)c12.O=C=O.O=C=O.O=COCc1cc(C2CC2)cn2cc(Cn3cc(C(=O)NCc4ncn5ccc(Cl)c(F)c45)nn3)nc12. The van der Waals surface area contributed by atoms with E-state index in [0.29, 0.717) is 71.3 Å². The minimum atomic E-state index is -0.962. The van der Waals surface area contributed by atoms with Crippen LogP contribution in [0.4, 0.5) is 13.2 Å². The molecule has 4 N–H and O–H groups in total. The molecule has 0 spiro atoms. The fourth-order valence-corrected chi connectivity index (χ4v) is 13.8. The molecule has 40 heteroatoms. The number of carboxylic acid groups (broad SMARTS) is 1. The van der Waals surface area contributed by atoms with E-state index in [1.165, 1.54) is 123 Å². The molecule has 0 atom stereocenters. The summed E-state index contributed by atoms with van der Waals surface area (Å²) < 4.78 is 62.8. The third-order valence-corrected chi connectivity index (χ3v) is 20.1. The lowest BCUT2D eigenvalue weighted by Gasteiger charge is -2.06. The Kier molecular flexibility index (Phi) is 28.8. The molecule has 15 aromatic rings. The number of halogens is 7. The van der Waals surface area contributed by atoms with Crippen LogP contribution in [-0.2, 0) is 87.4 Å². The van der Waals surface area contributed by atoms with Gasteiger partial charge in [-0.1, -0.05) is 98.9 Å². The Hall–Kier alpha value is -12.8. The Morgan fingerprint density at radius 3 is 1.24 bits per heavy atom. The molecule has 3 saturated carbocycles. The van der Waals surface area contributed by atoms with Crippen LogP contribution in [0.5, 0.6) is 0 Å². The molecule has 0 radical (unpaired) electrons. The van der Waals surface area contributed by atoms with E-state index in [9.17, 15) is 32.3 Å². The van der Waals surface area contributed by atoms with Gasteiger partial charge in [-0.15, -0.1) is 10.2 Å². The number of carbonyl (C=O) groups is 4. The van der Waals surface area contributed by atoms with Gasteiger partial charge in [0.1, 0.15) is 40.1 Å². The summed E-state index contributed by atoms with van der Waals surface area (Å²) in [5.74, 6) is -1.63. The molecule has 15 heterocycles. The number of ether oxygens (including phenoxy) is 1. The van der Waals surface area contributed by atoms with Crippen molar-refractivity contribution in [2.75, 3.05) is 0 Å². The number of aryl methyl sites for hydroxylation is 2. The number of rotatable bonds is 25. The van der Waals surface area contributed by atoms with Gasteiger partial charge in [-0.05, 0) is 133 Å². The van der Waals surface area contributed by atoms with Crippen molar-refractivity contribution in [3.63, 3.8) is 0 Å². The van der Waals surface area contributed by atoms with Crippen LogP contribution in [0, 0.1) is 17.5 Å². The van der Waals surface area contributed by atoms with E-state index < -0.39 is 35.2 Å². The molecule has 3 aliphatic rings. The zero-order valence-corrected chi connectivity index (χ0v) is 65.3. The van der Waals surface area contributed by atoms with Crippen molar-refractivity contribution < 1.29 is 61.4 Å². The van der Waals surface area contributed by atoms with Gasteiger partial charge in [0.2, 0.25) is 0 Å². The van der Waals surface area contributed by atoms with Crippen LogP contribution in [0.3, 0.4) is 0 Å². The van der Waals surface area contributed by atoms with Crippen molar-refractivity contribution in [1.29, 1.82) is 0 Å². The van der Waals surface area contributed by atoms with Crippen LogP contribution < -0.4 is 15.5 Å². The van der Waals surface area contributed by atoms with Crippen molar-refractivity contribution in [3.05, 3.63) is 253 Å². The number of carbonyl (C=O) groups excluding carboxylic acids is 7. The third kappa shape index (κ3) is 20.8. The molecule has 18 rings (SSSR count). The molecule has 0 aliphatic heterocycles. The van der Waals surface area contributed by atoms with E-state index in [1.807, 2.05) is 35.3 Å². The van der Waals surface area contributed by atoms with E-state index in [0.717, 1.165) is 66.8 Å². The number of aromatic nitrogens is 20. The highest BCUT2D eigenvalue weighted by molar-refractivity contribution is 6.31. The quantitative estimate of drug-likeness (QED) is 0.0305. The number of pyridine rings is 6. The zero-order chi connectivity index (χ0) is 82.6. The number of amides is 2. The minimum absolute atomic E-state index is 0. The number of nitrogens with one attached hydrogen (secondary N) is 3. The minimum Gasteiger partial charge on any atom is -0.478 e. The van der Waals surface area contributed by atoms with Crippen LogP contribution >= 0.6 is 46.6 Å². The predicted octanol–water partition coefficient (Wildman–Crippen LogP) is 12.7. The van der Waals surface area contributed by atoms with Crippen LogP contribution in [-0.4, -0.2) is 138 Å². The molecular weight excluding hydrogens is 1630 g/mol. The van der Waals surface area contributed by atoms with Gasteiger partial charge < -0.3 is 46.9 Å². The standard InChI is InChI=1S/C25H24ClFN8O.C24H20ClFN8O3.C18H20N4O2.C8H6Cl2FN3.2CO2.2CH4/c1-2-3-16-8-17(15-4-5-15)10-34-11-18(30-24(16)34)12-35-13-21(31-32-35)25(36)28-9-20-23-22(27)19(26)6-7-33(23)14-29-20;25-18-3-4-32-12-28-19(22(32)21(18)26)6-27-24(36)20-10-34(31-30-20)9-17-8-33-7-15(14-1-2-14)5-16(11-37-13-35)23(33)29-17;1-2-3-13-6-14(12-4-5-12)8-21-10-16(20-17(13)21)11-22-9-15(7-19-22)18(23)24;9-5-1-2-14-4-12-6(3-13-10)8(14)7(5)11;2*2-1-3;;/h6-8,10-11,13-15H,2-5,9,12H2,1H3,(H,28,36);3-5,7-8,10,12-14H,1-2,6,9,11H2,(H,27,36);6-10,12H,2-5,11H2,1H3,(H,23,24);1-2,4,13H,3H2;;;2*1H4. The first-order valence-corrected chi connectivity index (χ1v) is 38.1. The fourth-order valence-electron chi connectivity index (χ4n) is 13.2. The molecule has 33 nitrogen and oxygen atoms in total. The number of hydrogen-bond acceptors (Lipinski definition) is 21. The second kappa shape index (κ2) is 39.4. The largest absolute Gasteiger partial charge is 0.478 e. The average Bonchev–Trinajstić information content (AvgIpc) is 1.65. The van der Waals surface area contributed by atoms with Gasteiger partial charge in [0.15, 0.2) is 28.8 Å². The molecule has 0 bridgehead atoms. The first kappa shape index (κ1) is 87.0. The van der Waals surface area contributed by atoms with E-state index in [2.05, 4.69) is 108 Å². The second-order valence-electron chi connectivity index (χ2n) is 27.5. The molecule has 2 amide bonds. The second-order valence-corrected chi connectivity index (χ2v) is 29.0. The normalized spacial score (nSPS) is 12.6. The van der Waals surface area contributed by atoms with Crippen LogP contribution in [0.2, 0.25) is 15.1 Å².